The fraction of sp³-hybridized carbons (Fsp3) is 1.00. The Morgan fingerprint density at radius 3 is 2.45 bits per heavy atom. The summed E-state index contributed by atoms with van der Waals surface area (Å²) in [7, 11) is 0. The smallest absolute Gasteiger partial charge is 0.0523 e. The van der Waals surface area contributed by atoms with E-state index in [0.29, 0.717) is 11.5 Å². The van der Waals surface area contributed by atoms with Crippen LogP contribution in [0.3, 0.4) is 0 Å². The van der Waals surface area contributed by atoms with E-state index < -0.39 is 0 Å². The minimum Gasteiger partial charge on any atom is -0.381 e. The van der Waals surface area contributed by atoms with Gasteiger partial charge in [0.05, 0.1) is 6.61 Å². The Balaban J connectivity index is 1.94. The Kier molecular flexibility index (Phi) is 1.90. The normalized spacial score (nSPS) is 45.0. The highest BCUT2D eigenvalue weighted by atomic mass is 16.5. The highest BCUT2D eigenvalue weighted by Crippen LogP contribution is 2.42. The van der Waals surface area contributed by atoms with Gasteiger partial charge in [0.1, 0.15) is 0 Å². The fourth-order valence-corrected chi connectivity index (χ4v) is 2.30. The second kappa shape index (κ2) is 2.76. The topological polar surface area (TPSA) is 35.2 Å². The quantitative estimate of drug-likeness (QED) is 0.572. The third-order valence-electron chi connectivity index (χ3n) is 3.28. The first-order valence-corrected chi connectivity index (χ1v) is 4.64. The van der Waals surface area contributed by atoms with Gasteiger partial charge in [-0.15, -0.1) is 0 Å². The van der Waals surface area contributed by atoms with E-state index in [-0.39, 0.29) is 0 Å². The summed E-state index contributed by atoms with van der Waals surface area (Å²) >= 11 is 0. The van der Waals surface area contributed by atoms with Crippen molar-refractivity contribution in [2.24, 2.45) is 11.1 Å². The van der Waals surface area contributed by atoms with E-state index in [0.717, 1.165) is 13.2 Å². The molecule has 2 aliphatic rings. The molecule has 0 aromatic rings. The molecular formula is C9H17NO. The van der Waals surface area contributed by atoms with Gasteiger partial charge >= 0.3 is 0 Å². The van der Waals surface area contributed by atoms with Gasteiger partial charge in [0.25, 0.3) is 0 Å². The maximum absolute atomic E-state index is 5.84. The highest BCUT2D eigenvalue weighted by molar-refractivity contribution is 4.89. The molecule has 1 aliphatic carbocycles. The van der Waals surface area contributed by atoms with Crippen LogP contribution in [0.1, 0.15) is 32.1 Å². The van der Waals surface area contributed by atoms with Crippen molar-refractivity contribution < 1.29 is 4.74 Å². The van der Waals surface area contributed by atoms with Crippen molar-refractivity contribution in [3.8, 4) is 0 Å². The summed E-state index contributed by atoms with van der Waals surface area (Å²) in [6.45, 7) is 1.98. The summed E-state index contributed by atoms with van der Waals surface area (Å²) in [5.74, 6) is 0. The molecular weight excluding hydrogens is 138 g/mol. The van der Waals surface area contributed by atoms with Crippen LogP contribution in [0.25, 0.3) is 0 Å². The molecule has 1 saturated carbocycles. The van der Waals surface area contributed by atoms with E-state index in [1.165, 1.54) is 32.1 Å². The highest BCUT2D eigenvalue weighted by Gasteiger charge is 2.37. The van der Waals surface area contributed by atoms with E-state index in [9.17, 15) is 0 Å². The monoisotopic (exact) mass is 155 g/mol. The van der Waals surface area contributed by atoms with Crippen LogP contribution >= 0.6 is 0 Å². The molecule has 2 heteroatoms. The fourth-order valence-electron chi connectivity index (χ4n) is 2.30. The molecule has 0 aromatic carbocycles. The van der Waals surface area contributed by atoms with Gasteiger partial charge < -0.3 is 10.5 Å². The van der Waals surface area contributed by atoms with Crippen molar-refractivity contribution in [2.45, 2.75) is 38.1 Å². The van der Waals surface area contributed by atoms with E-state index in [1.54, 1.807) is 0 Å². The van der Waals surface area contributed by atoms with Gasteiger partial charge in [0.2, 0.25) is 0 Å². The molecule has 1 heterocycles. The molecule has 0 radical (unpaired) electrons. The second-order valence-electron chi connectivity index (χ2n) is 4.14. The number of nitrogens with two attached hydrogens (primary N) is 1. The Bertz CT molecular complexity index is 130. The lowest BCUT2D eigenvalue weighted by Crippen LogP contribution is -2.34. The van der Waals surface area contributed by atoms with Crippen molar-refractivity contribution >= 4 is 0 Å². The molecule has 11 heavy (non-hydrogen) atoms. The van der Waals surface area contributed by atoms with Gasteiger partial charge in [-0.3, -0.25) is 0 Å². The van der Waals surface area contributed by atoms with Crippen molar-refractivity contribution in [2.75, 3.05) is 13.2 Å². The largest absolute Gasteiger partial charge is 0.381 e. The zero-order valence-electron chi connectivity index (χ0n) is 7.01. The van der Waals surface area contributed by atoms with E-state index in [4.69, 9.17) is 10.5 Å². The second-order valence-corrected chi connectivity index (χ2v) is 4.14. The first-order chi connectivity index (χ1) is 5.31. The molecule has 1 aliphatic heterocycles. The number of hydrogen-bond donors (Lipinski definition) is 1. The Morgan fingerprint density at radius 2 is 1.91 bits per heavy atom. The summed E-state index contributed by atoms with van der Waals surface area (Å²) in [4.78, 5) is 0. The first-order valence-electron chi connectivity index (χ1n) is 4.64. The average Bonchev–Trinajstić information content (AvgIpc) is 2.45. The standard InChI is InChI=1S/C9H17NO/c10-8-1-3-9(4-2-8)5-6-11-7-9/h8H,1-7,10H2. The molecule has 2 nitrogen and oxygen atoms in total. The van der Waals surface area contributed by atoms with Gasteiger partial charge in [0, 0.05) is 12.6 Å². The van der Waals surface area contributed by atoms with E-state index >= 15 is 0 Å². The minimum absolute atomic E-state index is 0.473. The molecule has 2 N–H and O–H groups in total. The maximum atomic E-state index is 5.84. The number of ether oxygens (including phenoxy) is 1. The number of rotatable bonds is 0. The third kappa shape index (κ3) is 1.42. The lowest BCUT2D eigenvalue weighted by atomic mass is 9.72. The molecule has 1 saturated heterocycles. The SMILES string of the molecule is NC1CCC2(CCOC2)CC1. The first kappa shape index (κ1) is 7.56. The van der Waals surface area contributed by atoms with Gasteiger partial charge in [-0.05, 0) is 37.5 Å². The molecule has 0 atom stereocenters. The summed E-state index contributed by atoms with van der Waals surface area (Å²) in [6, 6.07) is 0.473. The molecule has 0 bridgehead atoms. The van der Waals surface area contributed by atoms with Crippen molar-refractivity contribution in [1.29, 1.82) is 0 Å². The predicted octanol–water partition coefficient (Wildman–Crippen LogP) is 1.29. The third-order valence-corrected chi connectivity index (χ3v) is 3.28. The maximum Gasteiger partial charge on any atom is 0.0523 e. The summed E-state index contributed by atoms with van der Waals surface area (Å²) in [5, 5.41) is 0. The predicted molar refractivity (Wildman–Crippen MR) is 44.3 cm³/mol. The molecule has 0 amide bonds. The zero-order chi connectivity index (χ0) is 7.73. The van der Waals surface area contributed by atoms with Gasteiger partial charge in [-0.2, -0.15) is 0 Å². The van der Waals surface area contributed by atoms with Crippen LogP contribution in [-0.2, 0) is 4.74 Å². The van der Waals surface area contributed by atoms with Crippen LogP contribution in [0.4, 0.5) is 0 Å². The summed E-state index contributed by atoms with van der Waals surface area (Å²) in [5.41, 5.74) is 6.40. The van der Waals surface area contributed by atoms with E-state index in [1.807, 2.05) is 0 Å². The van der Waals surface area contributed by atoms with Crippen molar-refractivity contribution in [3.05, 3.63) is 0 Å². The molecule has 64 valence electrons. The Hall–Kier alpha value is -0.0800. The average molecular weight is 155 g/mol. The Labute approximate surface area is 68.1 Å². The van der Waals surface area contributed by atoms with Crippen LogP contribution in [0, 0.1) is 5.41 Å². The van der Waals surface area contributed by atoms with Gasteiger partial charge in [0.15, 0.2) is 0 Å². The summed E-state index contributed by atoms with van der Waals surface area (Å²) in [6.07, 6.45) is 6.30. The molecule has 0 unspecified atom stereocenters. The summed E-state index contributed by atoms with van der Waals surface area (Å²) < 4.78 is 5.43. The van der Waals surface area contributed by atoms with Gasteiger partial charge in [-0.25, -0.2) is 0 Å². The van der Waals surface area contributed by atoms with Crippen molar-refractivity contribution in [3.63, 3.8) is 0 Å². The van der Waals surface area contributed by atoms with Crippen LogP contribution in [0.15, 0.2) is 0 Å². The molecule has 0 aromatic heterocycles. The lowest BCUT2D eigenvalue weighted by Gasteiger charge is -2.34. The van der Waals surface area contributed by atoms with Crippen LogP contribution in [0.2, 0.25) is 0 Å². The van der Waals surface area contributed by atoms with Gasteiger partial charge in [-0.1, -0.05) is 0 Å². The van der Waals surface area contributed by atoms with E-state index in [2.05, 4.69) is 0 Å². The van der Waals surface area contributed by atoms with Crippen molar-refractivity contribution in [1.82, 2.24) is 0 Å². The van der Waals surface area contributed by atoms with Crippen LogP contribution in [-0.4, -0.2) is 19.3 Å². The minimum atomic E-state index is 0.473. The molecule has 2 rings (SSSR count). The zero-order valence-corrected chi connectivity index (χ0v) is 7.01. The molecule has 1 spiro atoms. The van der Waals surface area contributed by atoms with Crippen LogP contribution < -0.4 is 5.73 Å². The Morgan fingerprint density at radius 1 is 1.18 bits per heavy atom. The van der Waals surface area contributed by atoms with Crippen LogP contribution in [0.5, 0.6) is 0 Å². The lowest BCUT2D eigenvalue weighted by molar-refractivity contribution is 0.117. The number of hydrogen-bond acceptors (Lipinski definition) is 2. The molecule has 2 fully saturated rings.